The first-order valence-electron chi connectivity index (χ1n) is 6.26. The van der Waals surface area contributed by atoms with Crippen molar-refractivity contribution in [2.45, 2.75) is 13.0 Å². The molecule has 1 aliphatic heterocycles. The lowest BCUT2D eigenvalue weighted by Crippen LogP contribution is -2.22. The highest BCUT2D eigenvalue weighted by Crippen LogP contribution is 2.14. The highest BCUT2D eigenvalue weighted by Gasteiger charge is 2.14. The van der Waals surface area contributed by atoms with E-state index in [0.29, 0.717) is 5.92 Å². The molecule has 1 unspecified atom stereocenters. The normalized spacial score (nSPS) is 20.1. The van der Waals surface area contributed by atoms with E-state index in [2.05, 4.69) is 34.6 Å². The number of aromatic nitrogens is 1. The molecule has 1 fully saturated rings. The highest BCUT2D eigenvalue weighted by molar-refractivity contribution is 5.79. The third-order valence-electron chi connectivity index (χ3n) is 3.41. The number of fused-ring (bicyclic) bond motifs is 1. The molecule has 1 saturated heterocycles. The largest absolute Gasteiger partial charge is 0.381 e. The van der Waals surface area contributed by atoms with Gasteiger partial charge in [-0.25, -0.2) is 0 Å². The van der Waals surface area contributed by atoms with Gasteiger partial charge in [0, 0.05) is 31.4 Å². The molecule has 90 valence electrons. The molecule has 0 saturated carbocycles. The van der Waals surface area contributed by atoms with Gasteiger partial charge < -0.3 is 15.0 Å². The first-order chi connectivity index (χ1) is 8.42. The van der Waals surface area contributed by atoms with Crippen LogP contribution in [0.2, 0.25) is 0 Å². The minimum absolute atomic E-state index is 0.698. The molecule has 0 bridgehead atoms. The quantitative estimate of drug-likeness (QED) is 0.845. The van der Waals surface area contributed by atoms with Gasteiger partial charge in [-0.15, -0.1) is 0 Å². The van der Waals surface area contributed by atoms with Crippen LogP contribution in [0.4, 0.5) is 0 Å². The number of aromatic amines is 1. The summed E-state index contributed by atoms with van der Waals surface area (Å²) in [6, 6.07) is 8.67. The summed E-state index contributed by atoms with van der Waals surface area (Å²) < 4.78 is 5.36. The number of nitrogens with one attached hydrogen (secondary N) is 2. The van der Waals surface area contributed by atoms with Gasteiger partial charge >= 0.3 is 0 Å². The van der Waals surface area contributed by atoms with Crippen LogP contribution in [-0.4, -0.2) is 24.7 Å². The number of benzene rings is 1. The van der Waals surface area contributed by atoms with Crippen LogP contribution < -0.4 is 5.32 Å². The van der Waals surface area contributed by atoms with Gasteiger partial charge in [-0.2, -0.15) is 0 Å². The van der Waals surface area contributed by atoms with Gasteiger partial charge in [0.1, 0.15) is 0 Å². The molecule has 0 amide bonds. The van der Waals surface area contributed by atoms with Crippen LogP contribution in [0, 0.1) is 5.92 Å². The topological polar surface area (TPSA) is 37.0 Å². The van der Waals surface area contributed by atoms with E-state index in [1.165, 1.54) is 22.9 Å². The number of H-pyrrole nitrogens is 1. The summed E-state index contributed by atoms with van der Waals surface area (Å²) in [4.78, 5) is 3.24. The molecule has 0 radical (unpaired) electrons. The standard InChI is InChI=1S/C14H18N2O/c1-2-13-3-5-16-14(13)7-11(1)8-15-9-12-4-6-17-10-12/h1-3,5,7,12,15-16H,4,6,8-10H2. The Morgan fingerprint density at radius 2 is 2.35 bits per heavy atom. The molecule has 0 spiro atoms. The van der Waals surface area contributed by atoms with Crippen molar-refractivity contribution in [2.75, 3.05) is 19.8 Å². The van der Waals surface area contributed by atoms with E-state index in [0.717, 1.165) is 26.3 Å². The van der Waals surface area contributed by atoms with Crippen LogP contribution in [0.5, 0.6) is 0 Å². The molecule has 2 aromatic rings. The van der Waals surface area contributed by atoms with Crippen molar-refractivity contribution in [3.63, 3.8) is 0 Å². The number of hydrogen-bond donors (Lipinski definition) is 2. The Balaban J connectivity index is 1.56. The van der Waals surface area contributed by atoms with Gasteiger partial charge in [-0.1, -0.05) is 12.1 Å². The average Bonchev–Trinajstić information content (AvgIpc) is 2.98. The molecule has 1 aromatic heterocycles. The number of hydrogen-bond acceptors (Lipinski definition) is 2. The minimum Gasteiger partial charge on any atom is -0.381 e. The van der Waals surface area contributed by atoms with E-state index in [4.69, 9.17) is 4.74 Å². The van der Waals surface area contributed by atoms with Crippen molar-refractivity contribution in [3.8, 4) is 0 Å². The van der Waals surface area contributed by atoms with Crippen LogP contribution in [0.25, 0.3) is 10.9 Å². The molecule has 1 aromatic carbocycles. The molecule has 1 atom stereocenters. The highest BCUT2D eigenvalue weighted by atomic mass is 16.5. The summed E-state index contributed by atoms with van der Waals surface area (Å²) in [5, 5.41) is 4.78. The lowest BCUT2D eigenvalue weighted by Gasteiger charge is -2.09. The molecular weight excluding hydrogens is 212 g/mol. The molecule has 3 rings (SSSR count). The zero-order chi connectivity index (χ0) is 11.5. The predicted molar refractivity (Wildman–Crippen MR) is 68.9 cm³/mol. The minimum atomic E-state index is 0.698. The van der Waals surface area contributed by atoms with Crippen LogP contribution in [0.15, 0.2) is 30.5 Å². The molecule has 0 aliphatic carbocycles. The predicted octanol–water partition coefficient (Wildman–Crippen LogP) is 2.29. The second-order valence-corrected chi connectivity index (χ2v) is 4.76. The fraction of sp³-hybridized carbons (Fsp3) is 0.429. The summed E-state index contributed by atoms with van der Waals surface area (Å²) in [5.74, 6) is 0.698. The maximum absolute atomic E-state index is 5.36. The Morgan fingerprint density at radius 3 is 3.24 bits per heavy atom. The fourth-order valence-electron chi connectivity index (χ4n) is 2.37. The maximum Gasteiger partial charge on any atom is 0.0507 e. The Kier molecular flexibility index (Phi) is 3.12. The van der Waals surface area contributed by atoms with E-state index >= 15 is 0 Å². The van der Waals surface area contributed by atoms with Crippen molar-refractivity contribution in [3.05, 3.63) is 36.0 Å². The first-order valence-corrected chi connectivity index (χ1v) is 6.26. The van der Waals surface area contributed by atoms with E-state index < -0.39 is 0 Å². The van der Waals surface area contributed by atoms with Gasteiger partial charge in [0.25, 0.3) is 0 Å². The monoisotopic (exact) mass is 230 g/mol. The van der Waals surface area contributed by atoms with E-state index in [1.54, 1.807) is 0 Å². The zero-order valence-electron chi connectivity index (χ0n) is 9.91. The third kappa shape index (κ3) is 2.51. The SMILES string of the molecule is c1cc2ccc(CNCC3CCOC3)cc2[nH]1. The molecule has 2 N–H and O–H groups in total. The summed E-state index contributed by atoms with van der Waals surface area (Å²) in [6.45, 7) is 3.84. The van der Waals surface area contributed by atoms with Crippen LogP contribution in [0.3, 0.4) is 0 Å². The lowest BCUT2D eigenvalue weighted by atomic mass is 10.1. The van der Waals surface area contributed by atoms with Gasteiger partial charge in [-0.05, 0) is 35.4 Å². The van der Waals surface area contributed by atoms with Gasteiger partial charge in [-0.3, -0.25) is 0 Å². The zero-order valence-corrected chi connectivity index (χ0v) is 9.91. The van der Waals surface area contributed by atoms with Crippen LogP contribution >= 0.6 is 0 Å². The summed E-state index contributed by atoms with van der Waals surface area (Å²) in [5.41, 5.74) is 2.55. The van der Waals surface area contributed by atoms with Crippen molar-refractivity contribution in [2.24, 2.45) is 5.92 Å². The molecule has 1 aliphatic rings. The second kappa shape index (κ2) is 4.90. The van der Waals surface area contributed by atoms with Crippen molar-refractivity contribution in [1.29, 1.82) is 0 Å². The third-order valence-corrected chi connectivity index (χ3v) is 3.41. The summed E-state index contributed by atoms with van der Waals surface area (Å²) in [6.07, 6.45) is 3.18. The number of rotatable bonds is 4. The Morgan fingerprint density at radius 1 is 1.35 bits per heavy atom. The Bertz CT molecular complexity index is 486. The molecular formula is C14H18N2O. The Labute approximate surface area is 101 Å². The lowest BCUT2D eigenvalue weighted by molar-refractivity contribution is 0.185. The smallest absolute Gasteiger partial charge is 0.0507 e. The Hall–Kier alpha value is -1.32. The van der Waals surface area contributed by atoms with Crippen LogP contribution in [0.1, 0.15) is 12.0 Å². The van der Waals surface area contributed by atoms with E-state index in [9.17, 15) is 0 Å². The van der Waals surface area contributed by atoms with Crippen molar-refractivity contribution in [1.82, 2.24) is 10.3 Å². The maximum atomic E-state index is 5.36. The molecule has 3 heteroatoms. The summed E-state index contributed by atoms with van der Waals surface area (Å²) >= 11 is 0. The number of ether oxygens (including phenoxy) is 1. The van der Waals surface area contributed by atoms with Gasteiger partial charge in [0.15, 0.2) is 0 Å². The van der Waals surface area contributed by atoms with Gasteiger partial charge in [0.2, 0.25) is 0 Å². The molecule has 2 heterocycles. The second-order valence-electron chi connectivity index (χ2n) is 4.76. The van der Waals surface area contributed by atoms with Crippen molar-refractivity contribution >= 4 is 10.9 Å². The van der Waals surface area contributed by atoms with Gasteiger partial charge in [0.05, 0.1) is 6.61 Å². The average molecular weight is 230 g/mol. The fourth-order valence-corrected chi connectivity index (χ4v) is 2.37. The summed E-state index contributed by atoms with van der Waals surface area (Å²) in [7, 11) is 0. The van der Waals surface area contributed by atoms with Crippen molar-refractivity contribution < 1.29 is 4.74 Å². The van der Waals surface area contributed by atoms with Crippen LogP contribution in [-0.2, 0) is 11.3 Å². The molecule has 17 heavy (non-hydrogen) atoms. The molecule has 3 nitrogen and oxygen atoms in total. The first kappa shape index (κ1) is 10.8. The van der Waals surface area contributed by atoms with E-state index in [-0.39, 0.29) is 0 Å². The van der Waals surface area contributed by atoms with E-state index in [1.807, 2.05) is 6.20 Å².